The Morgan fingerprint density at radius 3 is 2.62 bits per heavy atom. The van der Waals surface area contributed by atoms with Crippen molar-refractivity contribution in [1.29, 1.82) is 0 Å². The van der Waals surface area contributed by atoms with Crippen LogP contribution in [0.25, 0.3) is 11.5 Å². The molecule has 2 N–H and O–H groups in total. The lowest BCUT2D eigenvalue weighted by Crippen LogP contribution is -3.06. The van der Waals surface area contributed by atoms with E-state index in [2.05, 4.69) is 17.5 Å². The smallest absolute Gasteiger partial charge is 0.251 e. The fourth-order valence-corrected chi connectivity index (χ4v) is 2.57. The molecule has 0 radical (unpaired) electrons. The van der Waals surface area contributed by atoms with Gasteiger partial charge in [0.05, 0.1) is 13.3 Å². The van der Waals surface area contributed by atoms with Crippen LogP contribution in [0.3, 0.4) is 0 Å². The summed E-state index contributed by atoms with van der Waals surface area (Å²) in [5.41, 5.74) is 2.70. The number of carbonyl (C=O) groups excluding carboxylic acids is 1. The third-order valence-electron chi connectivity index (χ3n) is 3.75. The minimum atomic E-state index is -0.0738. The van der Waals surface area contributed by atoms with Gasteiger partial charge in [-0.25, -0.2) is 0 Å². The summed E-state index contributed by atoms with van der Waals surface area (Å²) < 4.78 is 10.6. The van der Waals surface area contributed by atoms with Gasteiger partial charge in [0.1, 0.15) is 18.8 Å². The third-order valence-corrected chi connectivity index (χ3v) is 3.75. The molecular formula is C18H20N3O3+. The van der Waals surface area contributed by atoms with Gasteiger partial charge in [-0.05, 0) is 24.3 Å². The number of hydrogen-bond acceptors (Lipinski definition) is 4. The van der Waals surface area contributed by atoms with Gasteiger partial charge in [-0.15, -0.1) is 0 Å². The zero-order valence-electron chi connectivity index (χ0n) is 13.7. The minimum absolute atomic E-state index is 0.0738. The van der Waals surface area contributed by atoms with Gasteiger partial charge in [-0.2, -0.15) is 0 Å². The molecule has 0 aliphatic rings. The molecule has 1 unspecified atom stereocenters. The fourth-order valence-electron chi connectivity index (χ4n) is 2.57. The molecule has 6 heteroatoms. The highest BCUT2D eigenvalue weighted by atomic mass is 16.5. The Labute approximate surface area is 140 Å². The number of amides is 1. The summed E-state index contributed by atoms with van der Waals surface area (Å²) in [7, 11) is 3.72. The molecule has 0 saturated heterocycles. The van der Waals surface area contributed by atoms with Crippen LogP contribution >= 0.6 is 0 Å². The number of rotatable bonds is 6. The molecule has 0 bridgehead atoms. The molecule has 0 aliphatic heterocycles. The van der Waals surface area contributed by atoms with Crippen LogP contribution in [0.2, 0.25) is 0 Å². The number of nitrogens with zero attached hydrogens (tertiary/aromatic N) is 1. The fraction of sp³-hybridized carbons (Fsp3) is 0.222. The first-order valence-electron chi connectivity index (χ1n) is 7.77. The molecule has 0 aliphatic carbocycles. The maximum Gasteiger partial charge on any atom is 0.251 e. The maximum absolute atomic E-state index is 11.5. The van der Waals surface area contributed by atoms with Crippen molar-refractivity contribution in [2.24, 2.45) is 0 Å². The summed E-state index contributed by atoms with van der Waals surface area (Å²) >= 11 is 0. The molecule has 2 aromatic heterocycles. The molecule has 2 heterocycles. The van der Waals surface area contributed by atoms with Crippen LogP contribution in [-0.2, 0) is 13.1 Å². The van der Waals surface area contributed by atoms with E-state index in [1.54, 1.807) is 13.3 Å². The third kappa shape index (κ3) is 3.72. The van der Waals surface area contributed by atoms with Crippen LogP contribution in [0, 0.1) is 0 Å². The number of hydrogen-bond donors (Lipinski definition) is 2. The monoisotopic (exact) mass is 326 g/mol. The van der Waals surface area contributed by atoms with Crippen molar-refractivity contribution in [1.82, 2.24) is 10.5 Å². The molecular weight excluding hydrogens is 306 g/mol. The molecule has 1 aromatic carbocycles. The van der Waals surface area contributed by atoms with E-state index in [0.717, 1.165) is 24.3 Å². The zero-order valence-corrected chi connectivity index (χ0v) is 13.7. The van der Waals surface area contributed by atoms with Crippen molar-refractivity contribution in [3.05, 3.63) is 65.5 Å². The van der Waals surface area contributed by atoms with Crippen molar-refractivity contribution in [2.75, 3.05) is 14.1 Å². The van der Waals surface area contributed by atoms with Crippen molar-refractivity contribution >= 4 is 5.91 Å². The first kappa shape index (κ1) is 16.0. The van der Waals surface area contributed by atoms with Gasteiger partial charge in [0, 0.05) is 24.2 Å². The molecule has 6 nitrogen and oxygen atoms in total. The maximum atomic E-state index is 11.5. The molecule has 1 amide bonds. The van der Waals surface area contributed by atoms with Crippen molar-refractivity contribution in [2.45, 2.75) is 13.1 Å². The molecule has 0 spiro atoms. The summed E-state index contributed by atoms with van der Waals surface area (Å²) in [6.45, 7) is 1.57. The SMILES string of the molecule is CNC(=O)c1ccc(C[NH+](C)Cc2cc(-c3ccco3)on2)cc1. The van der Waals surface area contributed by atoms with Crippen LogP contribution in [0.15, 0.2) is 57.7 Å². The van der Waals surface area contributed by atoms with Crippen LogP contribution in [-0.4, -0.2) is 25.2 Å². The largest absolute Gasteiger partial charge is 0.461 e. The van der Waals surface area contributed by atoms with Crippen LogP contribution in [0.5, 0.6) is 0 Å². The van der Waals surface area contributed by atoms with Crippen LogP contribution in [0.4, 0.5) is 0 Å². The summed E-state index contributed by atoms with van der Waals surface area (Å²) in [6.07, 6.45) is 1.61. The average Bonchev–Trinajstić information content (AvgIpc) is 3.26. The lowest BCUT2D eigenvalue weighted by atomic mass is 10.1. The highest BCUT2D eigenvalue weighted by Crippen LogP contribution is 2.20. The lowest BCUT2D eigenvalue weighted by Gasteiger charge is -2.12. The standard InChI is InChI=1S/C18H19N3O3/c1-19-18(22)14-7-5-13(6-8-14)11-21(2)12-15-10-17(24-20-15)16-4-3-9-23-16/h3-10H,11-12H2,1-2H3,(H,19,22)/p+1. The van der Waals surface area contributed by atoms with E-state index in [9.17, 15) is 4.79 Å². The van der Waals surface area contributed by atoms with Gasteiger partial charge in [0.15, 0.2) is 5.76 Å². The number of carbonyl (C=O) groups is 1. The van der Waals surface area contributed by atoms with Gasteiger partial charge < -0.3 is 19.2 Å². The van der Waals surface area contributed by atoms with E-state index in [4.69, 9.17) is 8.94 Å². The summed E-state index contributed by atoms with van der Waals surface area (Å²) in [5, 5.41) is 6.71. The number of aromatic nitrogens is 1. The molecule has 1 atom stereocenters. The second kappa shape index (κ2) is 7.14. The highest BCUT2D eigenvalue weighted by molar-refractivity contribution is 5.93. The normalized spacial score (nSPS) is 12.1. The van der Waals surface area contributed by atoms with Gasteiger partial charge in [0.25, 0.3) is 5.91 Å². The first-order chi connectivity index (χ1) is 11.7. The van der Waals surface area contributed by atoms with E-state index in [1.165, 1.54) is 4.90 Å². The first-order valence-corrected chi connectivity index (χ1v) is 7.77. The average molecular weight is 326 g/mol. The van der Waals surface area contributed by atoms with Crippen LogP contribution in [0.1, 0.15) is 21.6 Å². The minimum Gasteiger partial charge on any atom is -0.461 e. The number of nitrogens with one attached hydrogen (secondary N) is 2. The second-order valence-corrected chi connectivity index (χ2v) is 5.75. The van der Waals surface area contributed by atoms with Gasteiger partial charge in [-0.3, -0.25) is 4.79 Å². The van der Waals surface area contributed by atoms with E-state index in [1.807, 2.05) is 42.5 Å². The predicted molar refractivity (Wildman–Crippen MR) is 88.3 cm³/mol. The van der Waals surface area contributed by atoms with Gasteiger partial charge in [-0.1, -0.05) is 17.3 Å². The van der Waals surface area contributed by atoms with Crippen molar-refractivity contribution in [3.63, 3.8) is 0 Å². The van der Waals surface area contributed by atoms with E-state index in [0.29, 0.717) is 17.1 Å². The second-order valence-electron chi connectivity index (χ2n) is 5.75. The Hall–Kier alpha value is -2.86. The molecule has 3 rings (SSSR count). The van der Waals surface area contributed by atoms with Gasteiger partial charge in [0.2, 0.25) is 5.76 Å². The molecule has 0 saturated carbocycles. The van der Waals surface area contributed by atoms with Crippen molar-refractivity contribution in [3.8, 4) is 11.5 Å². The van der Waals surface area contributed by atoms with Gasteiger partial charge >= 0.3 is 0 Å². The lowest BCUT2D eigenvalue weighted by molar-refractivity contribution is -0.908. The molecule has 24 heavy (non-hydrogen) atoms. The Morgan fingerprint density at radius 1 is 1.17 bits per heavy atom. The Morgan fingerprint density at radius 2 is 1.96 bits per heavy atom. The Kier molecular flexibility index (Phi) is 4.77. The van der Waals surface area contributed by atoms with Crippen LogP contribution < -0.4 is 10.2 Å². The predicted octanol–water partition coefficient (Wildman–Crippen LogP) is 1.51. The highest BCUT2D eigenvalue weighted by Gasteiger charge is 2.13. The molecule has 124 valence electrons. The Bertz CT molecular complexity index is 791. The molecule has 0 fully saturated rings. The number of benzene rings is 1. The summed E-state index contributed by atoms with van der Waals surface area (Å²) in [6, 6.07) is 13.2. The zero-order chi connectivity index (χ0) is 16.9. The number of quaternary nitrogens is 1. The van der Waals surface area contributed by atoms with Crippen molar-refractivity contribution < 1.29 is 18.6 Å². The van der Waals surface area contributed by atoms with E-state index < -0.39 is 0 Å². The topological polar surface area (TPSA) is 72.7 Å². The Balaban J connectivity index is 1.59. The quantitative estimate of drug-likeness (QED) is 0.720. The van der Waals surface area contributed by atoms with E-state index in [-0.39, 0.29) is 5.91 Å². The summed E-state index contributed by atoms with van der Waals surface area (Å²) in [4.78, 5) is 12.8. The van der Waals surface area contributed by atoms with E-state index >= 15 is 0 Å². The molecule has 3 aromatic rings. The number of furan rings is 1. The summed E-state index contributed by atoms with van der Waals surface area (Å²) in [5.74, 6) is 1.24.